The van der Waals surface area contributed by atoms with Gasteiger partial charge in [-0.3, -0.25) is 0 Å². The molecule has 2 heteroatoms. The second-order valence-electron chi connectivity index (χ2n) is 5.54. The highest BCUT2D eigenvalue weighted by atomic mass is 16.5. The van der Waals surface area contributed by atoms with E-state index in [1.165, 1.54) is 0 Å². The zero-order valence-corrected chi connectivity index (χ0v) is 9.77. The fraction of sp³-hybridized carbons (Fsp3) is 1.00. The van der Waals surface area contributed by atoms with Crippen LogP contribution in [0.2, 0.25) is 0 Å². The SMILES string of the molecule is CC(C)N[C@@H]1CC(C)(C)OC1(C)C. The van der Waals surface area contributed by atoms with Gasteiger partial charge in [0.05, 0.1) is 11.2 Å². The van der Waals surface area contributed by atoms with Crippen molar-refractivity contribution >= 4 is 0 Å². The molecular weight excluding hydrogens is 162 g/mol. The van der Waals surface area contributed by atoms with Gasteiger partial charge in [-0.05, 0) is 34.1 Å². The van der Waals surface area contributed by atoms with E-state index in [0.29, 0.717) is 12.1 Å². The lowest BCUT2D eigenvalue weighted by molar-refractivity contribution is -0.0702. The number of hydrogen-bond donors (Lipinski definition) is 1. The van der Waals surface area contributed by atoms with Crippen LogP contribution in [0.25, 0.3) is 0 Å². The molecule has 1 fully saturated rings. The van der Waals surface area contributed by atoms with Gasteiger partial charge in [-0.25, -0.2) is 0 Å². The van der Waals surface area contributed by atoms with Gasteiger partial charge in [0.1, 0.15) is 0 Å². The normalized spacial score (nSPS) is 31.2. The minimum absolute atomic E-state index is 0.0239. The van der Waals surface area contributed by atoms with Crippen LogP contribution in [-0.4, -0.2) is 23.3 Å². The molecule has 0 amide bonds. The van der Waals surface area contributed by atoms with E-state index in [9.17, 15) is 0 Å². The third-order valence-corrected chi connectivity index (χ3v) is 2.61. The van der Waals surface area contributed by atoms with Gasteiger partial charge in [0.15, 0.2) is 0 Å². The van der Waals surface area contributed by atoms with Crippen LogP contribution >= 0.6 is 0 Å². The van der Waals surface area contributed by atoms with Gasteiger partial charge in [0.2, 0.25) is 0 Å². The van der Waals surface area contributed by atoms with Crippen LogP contribution in [0.15, 0.2) is 0 Å². The molecule has 0 spiro atoms. The summed E-state index contributed by atoms with van der Waals surface area (Å²) >= 11 is 0. The Hall–Kier alpha value is -0.0800. The Morgan fingerprint density at radius 2 is 1.77 bits per heavy atom. The van der Waals surface area contributed by atoms with E-state index < -0.39 is 0 Å². The maximum absolute atomic E-state index is 5.99. The predicted octanol–water partition coefficient (Wildman–Crippen LogP) is 2.33. The van der Waals surface area contributed by atoms with Crippen LogP contribution in [0.1, 0.15) is 48.0 Å². The van der Waals surface area contributed by atoms with Crippen LogP contribution in [0.3, 0.4) is 0 Å². The van der Waals surface area contributed by atoms with Crippen molar-refractivity contribution in [3.63, 3.8) is 0 Å². The highest BCUT2D eigenvalue weighted by Crippen LogP contribution is 2.37. The first-order valence-electron chi connectivity index (χ1n) is 5.19. The molecule has 13 heavy (non-hydrogen) atoms. The monoisotopic (exact) mass is 185 g/mol. The average molecular weight is 185 g/mol. The Labute approximate surface area is 82.0 Å². The Morgan fingerprint density at radius 3 is 2.08 bits per heavy atom. The summed E-state index contributed by atoms with van der Waals surface area (Å²) in [5.41, 5.74) is -0.0101. The zero-order valence-electron chi connectivity index (χ0n) is 9.77. The van der Waals surface area contributed by atoms with Crippen molar-refractivity contribution in [1.29, 1.82) is 0 Å². The minimum atomic E-state index is -0.0340. The number of ether oxygens (including phenoxy) is 1. The maximum atomic E-state index is 5.99. The first-order valence-corrected chi connectivity index (χ1v) is 5.19. The van der Waals surface area contributed by atoms with Crippen LogP contribution in [0.4, 0.5) is 0 Å². The molecule has 1 heterocycles. The van der Waals surface area contributed by atoms with E-state index in [1.807, 2.05) is 0 Å². The Kier molecular flexibility index (Phi) is 2.75. The van der Waals surface area contributed by atoms with Crippen molar-refractivity contribution in [3.05, 3.63) is 0 Å². The molecule has 0 aromatic carbocycles. The van der Waals surface area contributed by atoms with Crippen molar-refractivity contribution in [2.45, 2.75) is 71.2 Å². The lowest BCUT2D eigenvalue weighted by atomic mass is 9.94. The van der Waals surface area contributed by atoms with Crippen molar-refractivity contribution in [3.8, 4) is 0 Å². The number of rotatable bonds is 2. The smallest absolute Gasteiger partial charge is 0.0787 e. The first-order chi connectivity index (χ1) is 5.73. The van der Waals surface area contributed by atoms with Gasteiger partial charge in [-0.1, -0.05) is 13.8 Å². The third kappa shape index (κ3) is 2.68. The molecule has 1 aliphatic heterocycles. The fourth-order valence-electron chi connectivity index (χ4n) is 2.22. The van der Waals surface area contributed by atoms with E-state index in [-0.39, 0.29) is 11.2 Å². The number of nitrogens with one attached hydrogen (secondary N) is 1. The van der Waals surface area contributed by atoms with Crippen LogP contribution in [0.5, 0.6) is 0 Å². The Morgan fingerprint density at radius 1 is 1.23 bits per heavy atom. The summed E-state index contributed by atoms with van der Waals surface area (Å²) in [7, 11) is 0. The average Bonchev–Trinajstić information content (AvgIpc) is 1.98. The predicted molar refractivity (Wildman–Crippen MR) is 55.9 cm³/mol. The molecule has 1 atom stereocenters. The summed E-state index contributed by atoms with van der Waals surface area (Å²) in [5, 5.41) is 3.56. The highest BCUT2D eigenvalue weighted by molar-refractivity contribution is 4.99. The van der Waals surface area contributed by atoms with Crippen LogP contribution in [-0.2, 0) is 4.74 Å². The molecule has 1 N–H and O–H groups in total. The van der Waals surface area contributed by atoms with Crippen molar-refractivity contribution in [2.24, 2.45) is 0 Å². The lowest BCUT2D eigenvalue weighted by Gasteiger charge is -2.29. The summed E-state index contributed by atoms with van der Waals surface area (Å²) in [6.07, 6.45) is 1.10. The van der Waals surface area contributed by atoms with Crippen molar-refractivity contribution in [1.82, 2.24) is 5.32 Å². The van der Waals surface area contributed by atoms with E-state index >= 15 is 0 Å². The largest absolute Gasteiger partial charge is 0.368 e. The van der Waals surface area contributed by atoms with Gasteiger partial charge < -0.3 is 10.1 Å². The van der Waals surface area contributed by atoms with Gasteiger partial charge in [0, 0.05) is 12.1 Å². The topological polar surface area (TPSA) is 21.3 Å². The Balaban J connectivity index is 2.65. The zero-order chi connectivity index (χ0) is 10.3. The molecule has 0 bridgehead atoms. The number of hydrogen-bond acceptors (Lipinski definition) is 2. The summed E-state index contributed by atoms with van der Waals surface area (Å²) in [4.78, 5) is 0. The minimum Gasteiger partial charge on any atom is -0.368 e. The molecule has 1 aliphatic rings. The van der Waals surface area contributed by atoms with Crippen LogP contribution < -0.4 is 5.32 Å². The van der Waals surface area contributed by atoms with Gasteiger partial charge in [0.25, 0.3) is 0 Å². The van der Waals surface area contributed by atoms with E-state index in [2.05, 4.69) is 46.9 Å². The molecule has 2 nitrogen and oxygen atoms in total. The van der Waals surface area contributed by atoms with Crippen LogP contribution in [0, 0.1) is 0 Å². The second-order valence-corrected chi connectivity index (χ2v) is 5.54. The summed E-state index contributed by atoms with van der Waals surface area (Å²) in [6.45, 7) is 13.0. The van der Waals surface area contributed by atoms with E-state index in [4.69, 9.17) is 4.74 Å². The molecule has 78 valence electrons. The van der Waals surface area contributed by atoms with E-state index in [1.54, 1.807) is 0 Å². The molecule has 1 rings (SSSR count). The summed E-state index contributed by atoms with van der Waals surface area (Å²) in [5.74, 6) is 0. The molecule has 0 saturated carbocycles. The van der Waals surface area contributed by atoms with Gasteiger partial charge in [-0.2, -0.15) is 0 Å². The maximum Gasteiger partial charge on any atom is 0.0787 e. The van der Waals surface area contributed by atoms with Crippen molar-refractivity contribution < 1.29 is 4.74 Å². The highest BCUT2D eigenvalue weighted by Gasteiger charge is 2.45. The third-order valence-electron chi connectivity index (χ3n) is 2.61. The van der Waals surface area contributed by atoms with Gasteiger partial charge >= 0.3 is 0 Å². The molecule has 0 aromatic heterocycles. The molecular formula is C11H23NO. The quantitative estimate of drug-likeness (QED) is 0.713. The summed E-state index contributed by atoms with van der Waals surface area (Å²) < 4.78 is 5.99. The molecule has 1 saturated heterocycles. The molecule has 0 aromatic rings. The molecule has 0 aliphatic carbocycles. The standard InChI is InChI=1S/C11H23NO/c1-8(2)12-9-7-10(3,4)13-11(9,5)6/h8-9,12H,7H2,1-6H3/t9-/m1/s1. The lowest BCUT2D eigenvalue weighted by Crippen LogP contribution is -2.46. The first kappa shape index (κ1) is 11.0. The molecule has 0 radical (unpaired) electrons. The van der Waals surface area contributed by atoms with Crippen molar-refractivity contribution in [2.75, 3.05) is 0 Å². The summed E-state index contributed by atoms with van der Waals surface area (Å²) in [6, 6.07) is 1.00. The van der Waals surface area contributed by atoms with E-state index in [0.717, 1.165) is 6.42 Å². The second kappa shape index (κ2) is 3.25. The fourth-order valence-corrected chi connectivity index (χ4v) is 2.22. The Bertz CT molecular complexity index is 185. The van der Waals surface area contributed by atoms with Gasteiger partial charge in [-0.15, -0.1) is 0 Å². The molecule has 0 unspecified atom stereocenters.